The maximum atomic E-state index is 13.7. The second-order valence-corrected chi connectivity index (χ2v) is 9.07. The van der Waals surface area contributed by atoms with Gasteiger partial charge in [-0.2, -0.15) is 0 Å². The molecule has 2 amide bonds. The van der Waals surface area contributed by atoms with E-state index in [4.69, 9.17) is 20.2 Å². The summed E-state index contributed by atoms with van der Waals surface area (Å²) in [6.45, 7) is 6.10. The molecule has 0 bridgehead atoms. The zero-order valence-electron chi connectivity index (χ0n) is 21.6. The van der Waals surface area contributed by atoms with Gasteiger partial charge >= 0.3 is 11.7 Å². The molecular weight excluding hydrogens is 477 g/mol. The SMILES string of the molecule is COc1cc2c(cc1OCCF)-c1cc(=Nc3c(C)cc(C)cc3C)n(CCNC(N)=O)c(=O)n1CC2. The van der Waals surface area contributed by atoms with Gasteiger partial charge in [-0.05, 0) is 56.0 Å². The lowest BCUT2D eigenvalue weighted by atomic mass is 9.97. The Balaban J connectivity index is 1.95. The zero-order valence-corrected chi connectivity index (χ0v) is 21.6. The van der Waals surface area contributed by atoms with Gasteiger partial charge in [-0.3, -0.25) is 9.13 Å². The number of nitrogens with zero attached hydrogens (tertiary/aromatic N) is 3. The van der Waals surface area contributed by atoms with Crippen molar-refractivity contribution in [1.29, 1.82) is 0 Å². The molecule has 3 N–H and O–H groups in total. The predicted octanol–water partition coefficient (Wildman–Crippen LogP) is 3.06. The molecule has 1 aromatic heterocycles. The third-order valence-electron chi connectivity index (χ3n) is 6.40. The molecule has 0 saturated carbocycles. The van der Waals surface area contributed by atoms with E-state index in [2.05, 4.69) is 5.32 Å². The van der Waals surface area contributed by atoms with Gasteiger partial charge in [0.2, 0.25) is 0 Å². The minimum atomic E-state index is -0.661. The number of aromatic nitrogens is 2. The molecule has 196 valence electrons. The Hall–Kier alpha value is -4.08. The van der Waals surface area contributed by atoms with Crippen LogP contribution in [0, 0.1) is 20.8 Å². The number of carbonyl (C=O) groups excluding carboxylic acids is 1. The average Bonchev–Trinajstić information content (AvgIpc) is 2.85. The first-order chi connectivity index (χ1) is 17.7. The number of nitrogens with two attached hydrogens (primary N) is 1. The molecule has 0 saturated heterocycles. The number of nitrogens with one attached hydrogen (secondary N) is 1. The number of hydrogen-bond donors (Lipinski definition) is 2. The van der Waals surface area contributed by atoms with Crippen LogP contribution in [0.4, 0.5) is 14.9 Å². The number of fused-ring (bicyclic) bond motifs is 3. The van der Waals surface area contributed by atoms with Crippen LogP contribution in [0.15, 0.2) is 40.1 Å². The number of rotatable bonds is 8. The molecule has 0 spiro atoms. The molecule has 2 aromatic carbocycles. The van der Waals surface area contributed by atoms with Crippen molar-refractivity contribution in [2.24, 2.45) is 10.7 Å². The molecule has 1 aliphatic rings. The number of methoxy groups -OCH3 is 1. The van der Waals surface area contributed by atoms with Crippen LogP contribution in [-0.2, 0) is 19.5 Å². The third kappa shape index (κ3) is 5.37. The summed E-state index contributed by atoms with van der Waals surface area (Å²) < 4.78 is 27.1. The summed E-state index contributed by atoms with van der Waals surface area (Å²) >= 11 is 0. The van der Waals surface area contributed by atoms with Gasteiger partial charge in [0.25, 0.3) is 0 Å². The summed E-state index contributed by atoms with van der Waals surface area (Å²) in [5.41, 5.74) is 11.8. The van der Waals surface area contributed by atoms with Crippen molar-refractivity contribution in [3.63, 3.8) is 0 Å². The van der Waals surface area contributed by atoms with E-state index in [1.165, 1.54) is 7.11 Å². The number of ether oxygens (including phenoxy) is 2. The van der Waals surface area contributed by atoms with Crippen LogP contribution in [0.3, 0.4) is 0 Å². The molecule has 3 aromatic rings. The number of carbonyl (C=O) groups is 1. The highest BCUT2D eigenvalue weighted by Crippen LogP contribution is 2.37. The third-order valence-corrected chi connectivity index (χ3v) is 6.40. The molecule has 4 rings (SSSR count). The van der Waals surface area contributed by atoms with Gasteiger partial charge in [0, 0.05) is 31.3 Å². The van der Waals surface area contributed by atoms with Gasteiger partial charge in [0.1, 0.15) is 18.8 Å². The smallest absolute Gasteiger partial charge is 0.330 e. The van der Waals surface area contributed by atoms with E-state index >= 15 is 0 Å². The number of benzene rings is 2. The Morgan fingerprint density at radius 3 is 2.51 bits per heavy atom. The molecule has 1 aliphatic heterocycles. The monoisotopic (exact) mass is 509 g/mol. The molecule has 0 unspecified atom stereocenters. The van der Waals surface area contributed by atoms with Gasteiger partial charge in [0.15, 0.2) is 11.5 Å². The van der Waals surface area contributed by atoms with Gasteiger partial charge in [-0.15, -0.1) is 0 Å². The summed E-state index contributed by atoms with van der Waals surface area (Å²) in [4.78, 5) is 29.9. The Morgan fingerprint density at radius 2 is 1.86 bits per heavy atom. The first-order valence-electron chi connectivity index (χ1n) is 12.1. The van der Waals surface area contributed by atoms with E-state index in [0.29, 0.717) is 35.6 Å². The molecule has 37 heavy (non-hydrogen) atoms. The number of aryl methyl sites for hydroxylation is 4. The van der Waals surface area contributed by atoms with E-state index in [1.54, 1.807) is 15.2 Å². The van der Waals surface area contributed by atoms with Gasteiger partial charge in [-0.25, -0.2) is 19.0 Å². The van der Waals surface area contributed by atoms with Gasteiger partial charge in [0.05, 0.1) is 18.5 Å². The minimum Gasteiger partial charge on any atom is -0.493 e. The Morgan fingerprint density at radius 1 is 1.14 bits per heavy atom. The summed E-state index contributed by atoms with van der Waals surface area (Å²) in [6, 6.07) is 8.97. The molecule has 9 nitrogen and oxygen atoms in total. The van der Waals surface area contributed by atoms with Gasteiger partial charge < -0.3 is 20.5 Å². The Bertz CT molecular complexity index is 1450. The normalized spacial score (nSPS) is 12.6. The maximum absolute atomic E-state index is 13.7. The second-order valence-electron chi connectivity index (χ2n) is 9.07. The van der Waals surface area contributed by atoms with Gasteiger partial charge in [-0.1, -0.05) is 17.7 Å². The van der Waals surface area contributed by atoms with Crippen LogP contribution in [0.5, 0.6) is 11.5 Å². The van der Waals surface area contributed by atoms with Crippen molar-refractivity contribution >= 4 is 11.7 Å². The maximum Gasteiger partial charge on any atom is 0.330 e. The van der Waals surface area contributed by atoms with E-state index in [9.17, 15) is 14.0 Å². The average molecular weight is 510 g/mol. The molecule has 2 heterocycles. The largest absolute Gasteiger partial charge is 0.493 e. The van der Waals surface area contributed by atoms with Crippen LogP contribution >= 0.6 is 0 Å². The van der Waals surface area contributed by atoms with Crippen LogP contribution in [0.1, 0.15) is 22.3 Å². The fourth-order valence-corrected chi connectivity index (χ4v) is 4.82. The van der Waals surface area contributed by atoms with Crippen molar-refractivity contribution in [1.82, 2.24) is 14.5 Å². The van der Waals surface area contributed by atoms with Crippen LogP contribution < -0.4 is 31.7 Å². The number of urea groups is 1. The number of primary amides is 1. The van der Waals surface area contributed by atoms with E-state index in [0.717, 1.165) is 33.5 Å². The summed E-state index contributed by atoms with van der Waals surface area (Å²) in [5, 5.41) is 2.55. The summed E-state index contributed by atoms with van der Waals surface area (Å²) in [5.74, 6) is 0.924. The summed E-state index contributed by atoms with van der Waals surface area (Å²) in [7, 11) is 1.54. The standard InChI is InChI=1S/C27H32FN5O4/c1-16-11-17(2)25(18(3)12-16)31-24-15-21-20-14-23(37-10-6-28)22(36-4)13-19(20)5-8-32(21)27(35)33(24)9-7-30-26(29)34/h11-15H,5-10H2,1-4H3,(H3,29,30,34). The topological polar surface area (TPSA) is 113 Å². The van der Waals surface area contributed by atoms with E-state index in [1.807, 2.05) is 45.0 Å². The Kier molecular flexibility index (Phi) is 7.66. The highest BCUT2D eigenvalue weighted by molar-refractivity contribution is 5.71. The van der Waals surface area contributed by atoms with E-state index < -0.39 is 12.7 Å². The highest BCUT2D eigenvalue weighted by atomic mass is 19.1. The Labute approximate surface area is 214 Å². The molecule has 10 heteroatoms. The number of amides is 2. The molecule has 0 atom stereocenters. The fourth-order valence-electron chi connectivity index (χ4n) is 4.82. The van der Waals surface area contributed by atoms with E-state index in [-0.39, 0.29) is 25.4 Å². The number of hydrogen-bond acceptors (Lipinski definition) is 5. The fraction of sp³-hybridized carbons (Fsp3) is 0.370. The molecule has 0 aliphatic carbocycles. The van der Waals surface area contributed by atoms with Crippen molar-refractivity contribution in [3.05, 3.63) is 68.6 Å². The molecular formula is C27H32FN5O4. The van der Waals surface area contributed by atoms with Crippen LogP contribution in [0.25, 0.3) is 11.3 Å². The van der Waals surface area contributed by atoms with Crippen molar-refractivity contribution < 1.29 is 18.7 Å². The van der Waals surface area contributed by atoms with Crippen molar-refractivity contribution in [2.75, 3.05) is 26.9 Å². The second kappa shape index (κ2) is 10.9. The first-order valence-corrected chi connectivity index (χ1v) is 12.1. The van der Waals surface area contributed by atoms with Crippen LogP contribution in [-0.4, -0.2) is 42.1 Å². The minimum absolute atomic E-state index is 0.101. The predicted molar refractivity (Wildman–Crippen MR) is 139 cm³/mol. The number of halogens is 1. The lowest BCUT2D eigenvalue weighted by Crippen LogP contribution is -2.44. The highest BCUT2D eigenvalue weighted by Gasteiger charge is 2.22. The zero-order chi connectivity index (χ0) is 26.7. The first kappa shape index (κ1) is 26.0. The molecule has 0 radical (unpaired) electrons. The number of alkyl halides is 1. The summed E-state index contributed by atoms with van der Waals surface area (Å²) in [6.07, 6.45) is 0.605. The lowest BCUT2D eigenvalue weighted by molar-refractivity contribution is 0.248. The van der Waals surface area contributed by atoms with Crippen molar-refractivity contribution in [3.8, 4) is 22.8 Å². The molecule has 0 fully saturated rings. The van der Waals surface area contributed by atoms with Crippen LogP contribution in [0.2, 0.25) is 0 Å². The quantitative estimate of drug-likeness (QED) is 0.486. The lowest BCUT2D eigenvalue weighted by Gasteiger charge is -2.25. The van der Waals surface area contributed by atoms with Crippen molar-refractivity contribution in [2.45, 2.75) is 40.3 Å².